The van der Waals surface area contributed by atoms with Gasteiger partial charge in [-0.2, -0.15) is 4.31 Å². The first-order valence-corrected chi connectivity index (χ1v) is 7.97. The third kappa shape index (κ3) is 3.02. The fraction of sp³-hybridized carbons (Fsp3) is 0.500. The summed E-state index contributed by atoms with van der Waals surface area (Å²) >= 11 is 6.01. The standard InChI is InChI=1S/C12H18ClN3O2S/c1-15-6-3-7-16(9-8-15)19(17,18)12-10(13)4-2-5-11(12)14/h2,4-5H,3,6-9,14H2,1H3. The molecule has 0 aromatic heterocycles. The summed E-state index contributed by atoms with van der Waals surface area (Å²) < 4.78 is 26.7. The van der Waals surface area contributed by atoms with Crippen LogP contribution >= 0.6 is 11.6 Å². The number of anilines is 1. The van der Waals surface area contributed by atoms with E-state index in [4.69, 9.17) is 17.3 Å². The molecular formula is C12H18ClN3O2S. The first kappa shape index (κ1) is 14.6. The lowest BCUT2D eigenvalue weighted by Gasteiger charge is -2.21. The highest BCUT2D eigenvalue weighted by molar-refractivity contribution is 7.89. The molecule has 0 atom stereocenters. The van der Waals surface area contributed by atoms with Gasteiger partial charge in [-0.05, 0) is 32.1 Å². The number of nitrogens with zero attached hydrogens (tertiary/aromatic N) is 2. The number of likely N-dealkylation sites (N-methyl/N-ethyl adjacent to an activating group) is 1. The topological polar surface area (TPSA) is 66.6 Å². The highest BCUT2D eigenvalue weighted by Crippen LogP contribution is 2.30. The van der Waals surface area contributed by atoms with Gasteiger partial charge in [0.1, 0.15) is 4.90 Å². The molecule has 2 N–H and O–H groups in total. The highest BCUT2D eigenvalue weighted by atomic mass is 35.5. The maximum Gasteiger partial charge on any atom is 0.246 e. The minimum atomic E-state index is -3.62. The third-order valence-corrected chi connectivity index (χ3v) is 5.72. The molecule has 1 aromatic rings. The zero-order valence-corrected chi connectivity index (χ0v) is 12.4. The maximum absolute atomic E-state index is 12.6. The molecule has 1 saturated heterocycles. The van der Waals surface area contributed by atoms with E-state index in [2.05, 4.69) is 4.90 Å². The maximum atomic E-state index is 12.6. The normalized spacial score (nSPS) is 19.3. The zero-order valence-electron chi connectivity index (χ0n) is 10.8. The Morgan fingerprint density at radius 3 is 2.63 bits per heavy atom. The molecule has 1 aliphatic heterocycles. The summed E-state index contributed by atoms with van der Waals surface area (Å²) in [7, 11) is -1.63. The fourth-order valence-corrected chi connectivity index (χ4v) is 4.29. The van der Waals surface area contributed by atoms with E-state index in [-0.39, 0.29) is 15.6 Å². The first-order valence-electron chi connectivity index (χ1n) is 6.15. The molecule has 5 nitrogen and oxygen atoms in total. The quantitative estimate of drug-likeness (QED) is 0.835. The van der Waals surface area contributed by atoms with Gasteiger partial charge in [-0.15, -0.1) is 0 Å². The lowest BCUT2D eigenvalue weighted by atomic mass is 10.3. The van der Waals surface area contributed by atoms with Crippen molar-refractivity contribution in [3.63, 3.8) is 0 Å². The lowest BCUT2D eigenvalue weighted by molar-refractivity contribution is 0.347. The molecule has 0 saturated carbocycles. The van der Waals surface area contributed by atoms with Gasteiger partial charge in [0.25, 0.3) is 0 Å². The van der Waals surface area contributed by atoms with E-state index in [1.54, 1.807) is 18.2 Å². The second kappa shape index (κ2) is 5.66. The smallest absolute Gasteiger partial charge is 0.246 e. The zero-order chi connectivity index (χ0) is 14.0. The van der Waals surface area contributed by atoms with E-state index in [9.17, 15) is 8.42 Å². The Labute approximate surface area is 119 Å². The van der Waals surface area contributed by atoms with Crippen LogP contribution in [0.15, 0.2) is 23.1 Å². The van der Waals surface area contributed by atoms with Crippen molar-refractivity contribution in [3.05, 3.63) is 23.2 Å². The first-order chi connectivity index (χ1) is 8.93. The van der Waals surface area contributed by atoms with Crippen LogP contribution in [0.4, 0.5) is 5.69 Å². The van der Waals surface area contributed by atoms with E-state index < -0.39 is 10.0 Å². The summed E-state index contributed by atoms with van der Waals surface area (Å²) in [5.74, 6) is 0. The minimum absolute atomic E-state index is 0.0289. The Morgan fingerprint density at radius 1 is 1.21 bits per heavy atom. The molecule has 1 aromatic carbocycles. The number of nitrogen functional groups attached to an aromatic ring is 1. The number of halogens is 1. The number of rotatable bonds is 2. The van der Waals surface area contributed by atoms with Crippen LogP contribution in [0.1, 0.15) is 6.42 Å². The van der Waals surface area contributed by atoms with Crippen molar-refractivity contribution in [1.29, 1.82) is 0 Å². The van der Waals surface area contributed by atoms with Crippen molar-refractivity contribution < 1.29 is 8.42 Å². The summed E-state index contributed by atoms with van der Waals surface area (Å²) in [6, 6.07) is 4.75. The van der Waals surface area contributed by atoms with E-state index in [0.717, 1.165) is 13.0 Å². The van der Waals surface area contributed by atoms with Gasteiger partial charge in [0, 0.05) is 19.6 Å². The molecule has 19 heavy (non-hydrogen) atoms. The average molecular weight is 304 g/mol. The van der Waals surface area contributed by atoms with Crippen LogP contribution in [0, 0.1) is 0 Å². The van der Waals surface area contributed by atoms with E-state index in [0.29, 0.717) is 19.6 Å². The predicted octanol–water partition coefficient (Wildman–Crippen LogP) is 1.25. The van der Waals surface area contributed by atoms with Crippen molar-refractivity contribution in [2.24, 2.45) is 0 Å². The van der Waals surface area contributed by atoms with Gasteiger partial charge in [-0.1, -0.05) is 17.7 Å². The molecule has 0 spiro atoms. The molecule has 106 valence electrons. The molecule has 0 amide bonds. The molecular weight excluding hydrogens is 286 g/mol. The van der Waals surface area contributed by atoms with E-state index in [1.807, 2.05) is 7.05 Å². The Hall–Kier alpha value is -0.820. The molecule has 1 heterocycles. The van der Waals surface area contributed by atoms with Crippen LogP contribution in [-0.2, 0) is 10.0 Å². The molecule has 0 radical (unpaired) electrons. The van der Waals surface area contributed by atoms with Crippen molar-refractivity contribution in [1.82, 2.24) is 9.21 Å². The number of hydrogen-bond acceptors (Lipinski definition) is 4. The lowest BCUT2D eigenvalue weighted by Crippen LogP contribution is -2.35. The molecule has 1 fully saturated rings. The van der Waals surface area contributed by atoms with Gasteiger partial charge < -0.3 is 10.6 Å². The van der Waals surface area contributed by atoms with Gasteiger partial charge in [0.15, 0.2) is 0 Å². The van der Waals surface area contributed by atoms with E-state index in [1.165, 1.54) is 4.31 Å². The average Bonchev–Trinajstić information content (AvgIpc) is 2.53. The summed E-state index contributed by atoms with van der Waals surface area (Å²) in [5, 5.41) is 0.178. The van der Waals surface area contributed by atoms with Gasteiger partial charge in [-0.3, -0.25) is 0 Å². The van der Waals surface area contributed by atoms with E-state index >= 15 is 0 Å². The summed E-state index contributed by atoms with van der Waals surface area (Å²) in [5.41, 5.74) is 5.98. The Morgan fingerprint density at radius 2 is 1.95 bits per heavy atom. The molecule has 2 rings (SSSR count). The van der Waals surface area contributed by atoms with Crippen molar-refractivity contribution in [2.75, 3.05) is 39.0 Å². The number of benzene rings is 1. The van der Waals surface area contributed by atoms with Crippen LogP contribution < -0.4 is 5.73 Å². The Kier molecular flexibility index (Phi) is 4.35. The van der Waals surface area contributed by atoms with Crippen molar-refractivity contribution in [3.8, 4) is 0 Å². The van der Waals surface area contributed by atoms with Crippen LogP contribution in [-0.4, -0.2) is 50.8 Å². The Balaban J connectivity index is 2.37. The minimum Gasteiger partial charge on any atom is -0.398 e. The van der Waals surface area contributed by atoms with Crippen molar-refractivity contribution in [2.45, 2.75) is 11.3 Å². The summed E-state index contributed by atoms with van der Waals surface area (Å²) in [6.07, 6.45) is 0.806. The third-order valence-electron chi connectivity index (χ3n) is 3.27. The predicted molar refractivity (Wildman–Crippen MR) is 76.7 cm³/mol. The van der Waals surface area contributed by atoms with Crippen LogP contribution in [0.25, 0.3) is 0 Å². The molecule has 0 bridgehead atoms. The number of sulfonamides is 1. The van der Waals surface area contributed by atoms with Crippen molar-refractivity contribution >= 4 is 27.3 Å². The number of hydrogen-bond donors (Lipinski definition) is 1. The molecule has 1 aliphatic rings. The van der Waals surface area contributed by atoms with Gasteiger partial charge in [-0.25, -0.2) is 8.42 Å². The van der Waals surface area contributed by atoms with Crippen LogP contribution in [0.2, 0.25) is 5.02 Å². The molecule has 0 unspecified atom stereocenters. The summed E-state index contributed by atoms with van der Waals surface area (Å²) in [4.78, 5) is 2.15. The molecule has 7 heteroatoms. The molecule has 0 aliphatic carbocycles. The number of nitrogens with two attached hydrogens (primary N) is 1. The van der Waals surface area contributed by atoms with Crippen LogP contribution in [0.5, 0.6) is 0 Å². The summed E-state index contributed by atoms with van der Waals surface area (Å²) in [6.45, 7) is 2.56. The van der Waals surface area contributed by atoms with Gasteiger partial charge in [0.05, 0.1) is 10.7 Å². The second-order valence-electron chi connectivity index (χ2n) is 4.72. The monoisotopic (exact) mass is 303 g/mol. The Bertz CT molecular complexity index is 542. The highest BCUT2D eigenvalue weighted by Gasteiger charge is 2.29. The largest absolute Gasteiger partial charge is 0.398 e. The SMILES string of the molecule is CN1CCCN(S(=O)(=O)c2c(N)cccc2Cl)CC1. The fourth-order valence-electron chi connectivity index (χ4n) is 2.19. The van der Waals surface area contributed by atoms with Gasteiger partial charge in [0.2, 0.25) is 10.0 Å². The second-order valence-corrected chi connectivity index (χ2v) is 7.00. The van der Waals surface area contributed by atoms with Crippen LogP contribution in [0.3, 0.4) is 0 Å². The van der Waals surface area contributed by atoms with Gasteiger partial charge >= 0.3 is 0 Å².